The predicted octanol–water partition coefficient (Wildman–Crippen LogP) is 4.85. The van der Waals surface area contributed by atoms with Gasteiger partial charge in [0.25, 0.3) is 0 Å². The monoisotopic (exact) mass is 320 g/mol. The van der Waals surface area contributed by atoms with Crippen molar-refractivity contribution in [1.82, 2.24) is 9.97 Å². The van der Waals surface area contributed by atoms with Crippen LogP contribution in [0, 0.1) is 6.92 Å². The van der Waals surface area contributed by atoms with E-state index in [0.717, 1.165) is 17.2 Å². The van der Waals surface area contributed by atoms with Crippen molar-refractivity contribution in [2.24, 2.45) is 0 Å². The Bertz CT molecular complexity index is 741. The molecule has 0 aliphatic rings. The molecule has 0 aliphatic heterocycles. The van der Waals surface area contributed by atoms with E-state index in [2.05, 4.69) is 53.2 Å². The maximum absolute atomic E-state index is 4.52. The first kappa shape index (κ1) is 17.5. The number of aryl methyl sites for hydroxylation is 1. The summed E-state index contributed by atoms with van der Waals surface area (Å²) < 4.78 is 0. The maximum atomic E-state index is 4.52. The minimum atomic E-state index is 0.604. The third-order valence-electron chi connectivity index (χ3n) is 3.24. The zero-order valence-electron chi connectivity index (χ0n) is 14.5. The first-order valence-corrected chi connectivity index (χ1v) is 7.95. The van der Waals surface area contributed by atoms with Gasteiger partial charge in [0, 0.05) is 24.0 Å². The molecule has 4 nitrogen and oxygen atoms in total. The number of allylic oxidation sites excluding steroid dienone is 4. The van der Waals surface area contributed by atoms with E-state index in [1.807, 2.05) is 43.3 Å². The topological polar surface area (TPSA) is 49.8 Å². The van der Waals surface area contributed by atoms with Crippen molar-refractivity contribution in [2.75, 3.05) is 10.6 Å². The van der Waals surface area contributed by atoms with E-state index in [-0.39, 0.29) is 0 Å². The predicted molar refractivity (Wildman–Crippen MR) is 102 cm³/mol. The second-order valence-electron chi connectivity index (χ2n) is 5.75. The summed E-state index contributed by atoms with van der Waals surface area (Å²) in [5, 5.41) is 6.54. The smallest absolute Gasteiger partial charge is 0.225 e. The van der Waals surface area contributed by atoms with Gasteiger partial charge in [0.05, 0.1) is 0 Å². The first-order valence-electron chi connectivity index (χ1n) is 7.95. The van der Waals surface area contributed by atoms with Gasteiger partial charge in [-0.2, -0.15) is 4.98 Å². The molecule has 0 amide bonds. The lowest BCUT2D eigenvalue weighted by molar-refractivity contribution is 1.03. The molecule has 0 saturated heterocycles. The van der Waals surface area contributed by atoms with Gasteiger partial charge in [0.2, 0.25) is 5.95 Å². The van der Waals surface area contributed by atoms with Gasteiger partial charge in [-0.3, -0.25) is 0 Å². The molecular formula is C20H24N4. The molecule has 1 aromatic carbocycles. The third kappa shape index (κ3) is 5.72. The highest BCUT2D eigenvalue weighted by molar-refractivity contribution is 5.49. The van der Waals surface area contributed by atoms with Gasteiger partial charge < -0.3 is 10.6 Å². The highest BCUT2D eigenvalue weighted by Crippen LogP contribution is 2.13. The van der Waals surface area contributed by atoms with Crippen LogP contribution in [-0.4, -0.2) is 9.97 Å². The lowest BCUT2D eigenvalue weighted by Gasteiger charge is -2.10. The summed E-state index contributed by atoms with van der Waals surface area (Å²) in [5.74, 6) is 1.35. The molecule has 2 aromatic rings. The Morgan fingerprint density at radius 1 is 1.12 bits per heavy atom. The van der Waals surface area contributed by atoms with Gasteiger partial charge in [-0.1, -0.05) is 48.6 Å². The van der Waals surface area contributed by atoms with Crippen LogP contribution in [0.4, 0.5) is 11.8 Å². The zero-order valence-corrected chi connectivity index (χ0v) is 14.5. The van der Waals surface area contributed by atoms with Crippen molar-refractivity contribution >= 4 is 11.8 Å². The van der Waals surface area contributed by atoms with Crippen LogP contribution in [0.2, 0.25) is 0 Å². The quantitative estimate of drug-likeness (QED) is 0.716. The molecule has 124 valence electrons. The molecule has 0 saturated carbocycles. The van der Waals surface area contributed by atoms with Crippen molar-refractivity contribution < 1.29 is 0 Å². The molecule has 2 rings (SSSR count). The number of hydrogen-bond acceptors (Lipinski definition) is 4. The normalized spacial score (nSPS) is 10.9. The average molecular weight is 320 g/mol. The Balaban J connectivity index is 2.11. The molecule has 0 fully saturated rings. The molecule has 0 unspecified atom stereocenters. The number of anilines is 2. The van der Waals surface area contributed by atoms with Gasteiger partial charge in [-0.25, -0.2) is 4.98 Å². The van der Waals surface area contributed by atoms with E-state index in [1.165, 1.54) is 11.1 Å². The molecule has 4 heteroatoms. The van der Waals surface area contributed by atoms with E-state index < -0.39 is 0 Å². The Labute approximate surface area is 144 Å². The fraction of sp³-hybridized carbons (Fsp3) is 0.200. The highest BCUT2D eigenvalue weighted by Gasteiger charge is 2.03. The van der Waals surface area contributed by atoms with E-state index in [4.69, 9.17) is 0 Å². The number of hydrogen-bond donors (Lipinski definition) is 2. The average Bonchev–Trinajstić information content (AvgIpc) is 2.57. The SMILES string of the molecule is C=C/C(=C\C=C(C)C)Nc1cc(C)nc(NCc2ccccc2)n1. The molecule has 0 bridgehead atoms. The molecular weight excluding hydrogens is 296 g/mol. The summed E-state index contributed by atoms with van der Waals surface area (Å²) in [5.41, 5.74) is 4.20. The first-order chi connectivity index (χ1) is 11.6. The summed E-state index contributed by atoms with van der Waals surface area (Å²) in [4.78, 5) is 8.96. The Kier molecular flexibility index (Phi) is 6.32. The zero-order chi connectivity index (χ0) is 17.4. The van der Waals surface area contributed by atoms with Crippen molar-refractivity contribution in [3.63, 3.8) is 0 Å². The van der Waals surface area contributed by atoms with E-state index in [0.29, 0.717) is 12.5 Å². The molecule has 0 radical (unpaired) electrons. The molecule has 0 atom stereocenters. The van der Waals surface area contributed by atoms with Gasteiger partial charge in [0.1, 0.15) is 5.82 Å². The Hall–Kier alpha value is -2.88. The minimum Gasteiger partial charge on any atom is -0.350 e. The van der Waals surface area contributed by atoms with Crippen LogP contribution in [0.1, 0.15) is 25.1 Å². The summed E-state index contributed by atoms with van der Waals surface area (Å²) in [6, 6.07) is 12.1. The maximum Gasteiger partial charge on any atom is 0.225 e. The summed E-state index contributed by atoms with van der Waals surface area (Å²) in [6.07, 6.45) is 5.79. The van der Waals surface area contributed by atoms with Gasteiger partial charge in [-0.05, 0) is 38.5 Å². The summed E-state index contributed by atoms with van der Waals surface area (Å²) >= 11 is 0. The van der Waals surface area contributed by atoms with Crippen LogP contribution < -0.4 is 10.6 Å². The second-order valence-corrected chi connectivity index (χ2v) is 5.75. The van der Waals surface area contributed by atoms with Gasteiger partial charge >= 0.3 is 0 Å². The Morgan fingerprint density at radius 2 is 1.88 bits per heavy atom. The fourth-order valence-corrected chi connectivity index (χ4v) is 2.05. The van der Waals surface area contributed by atoms with Crippen LogP contribution in [-0.2, 0) is 6.54 Å². The number of nitrogens with one attached hydrogen (secondary N) is 2. The molecule has 0 spiro atoms. The summed E-state index contributed by atoms with van der Waals surface area (Å²) in [6.45, 7) is 10.6. The summed E-state index contributed by atoms with van der Waals surface area (Å²) in [7, 11) is 0. The van der Waals surface area contributed by atoms with E-state index >= 15 is 0 Å². The van der Waals surface area contributed by atoms with Crippen molar-refractivity contribution in [2.45, 2.75) is 27.3 Å². The van der Waals surface area contributed by atoms with Gasteiger partial charge in [-0.15, -0.1) is 0 Å². The molecule has 24 heavy (non-hydrogen) atoms. The van der Waals surface area contributed by atoms with Crippen LogP contribution in [0.15, 0.2) is 72.5 Å². The molecule has 2 N–H and O–H groups in total. The minimum absolute atomic E-state index is 0.604. The lowest BCUT2D eigenvalue weighted by Crippen LogP contribution is -2.07. The van der Waals surface area contributed by atoms with Crippen molar-refractivity contribution in [3.05, 3.63) is 83.7 Å². The van der Waals surface area contributed by atoms with Crippen LogP contribution in [0.5, 0.6) is 0 Å². The Morgan fingerprint density at radius 3 is 2.54 bits per heavy atom. The van der Waals surface area contributed by atoms with Crippen LogP contribution >= 0.6 is 0 Å². The van der Waals surface area contributed by atoms with E-state index in [9.17, 15) is 0 Å². The molecule has 1 aromatic heterocycles. The lowest BCUT2D eigenvalue weighted by atomic mass is 10.2. The van der Waals surface area contributed by atoms with Crippen molar-refractivity contribution in [1.29, 1.82) is 0 Å². The second kappa shape index (κ2) is 8.67. The van der Waals surface area contributed by atoms with Crippen LogP contribution in [0.25, 0.3) is 0 Å². The standard InChI is InChI=1S/C20H24N4/c1-5-18(12-11-15(2)3)23-19-13-16(4)22-20(24-19)21-14-17-9-7-6-8-10-17/h5-13H,1,14H2,2-4H3,(H2,21,22,23,24)/b18-12+. The number of benzene rings is 1. The highest BCUT2D eigenvalue weighted by atomic mass is 15.1. The number of nitrogens with zero attached hydrogens (tertiary/aromatic N) is 2. The molecule has 1 heterocycles. The van der Waals surface area contributed by atoms with Gasteiger partial charge in [0.15, 0.2) is 0 Å². The largest absolute Gasteiger partial charge is 0.350 e. The molecule has 0 aliphatic carbocycles. The van der Waals surface area contributed by atoms with E-state index in [1.54, 1.807) is 6.08 Å². The third-order valence-corrected chi connectivity index (χ3v) is 3.24. The number of rotatable bonds is 7. The number of aromatic nitrogens is 2. The fourth-order valence-electron chi connectivity index (χ4n) is 2.05. The van der Waals surface area contributed by atoms with Crippen LogP contribution in [0.3, 0.4) is 0 Å². The van der Waals surface area contributed by atoms with Crippen molar-refractivity contribution in [3.8, 4) is 0 Å².